The van der Waals surface area contributed by atoms with Crippen LogP contribution >= 0.6 is 0 Å². The second-order valence-corrected chi connectivity index (χ2v) is 5.04. The second-order valence-electron chi connectivity index (χ2n) is 2.93. The van der Waals surface area contributed by atoms with E-state index in [1.54, 1.807) is 13.8 Å². The Kier molecular flexibility index (Phi) is 4.90. The van der Waals surface area contributed by atoms with E-state index in [-0.39, 0.29) is 19.3 Å². The number of ether oxygens (including phenoxy) is 1. The molecule has 0 aromatic heterocycles. The van der Waals surface area contributed by atoms with Crippen molar-refractivity contribution in [1.82, 2.24) is 4.72 Å². The lowest BCUT2D eigenvalue weighted by Crippen LogP contribution is -2.38. The number of hydrogen-bond donors (Lipinski definition) is 1. The first-order valence-electron chi connectivity index (χ1n) is 3.96. The lowest BCUT2D eigenvalue weighted by Gasteiger charge is -2.14. The summed E-state index contributed by atoms with van der Waals surface area (Å²) in [5.74, 6) is 2.59. The van der Waals surface area contributed by atoms with Gasteiger partial charge >= 0.3 is 5.51 Å². The van der Waals surface area contributed by atoms with Crippen LogP contribution in [0.15, 0.2) is 0 Å². The van der Waals surface area contributed by atoms with Gasteiger partial charge in [0, 0.05) is 6.54 Å². The zero-order valence-electron chi connectivity index (χ0n) is 8.06. The van der Waals surface area contributed by atoms with Gasteiger partial charge in [0.15, 0.2) is 0 Å². The van der Waals surface area contributed by atoms with Crippen molar-refractivity contribution in [2.75, 3.05) is 13.2 Å². The average Bonchev–Trinajstić information content (AvgIpc) is 1.95. The van der Waals surface area contributed by atoms with Crippen LogP contribution < -0.4 is 4.72 Å². The Morgan fingerprint density at radius 3 is 2.36 bits per heavy atom. The molecule has 0 fully saturated rings. The molecule has 14 heavy (non-hydrogen) atoms. The highest BCUT2D eigenvalue weighted by molar-refractivity contribution is 7.99. The van der Waals surface area contributed by atoms with Crippen molar-refractivity contribution in [3.05, 3.63) is 0 Å². The summed E-state index contributed by atoms with van der Waals surface area (Å²) in [6.45, 7) is 3.44. The third-order valence-corrected chi connectivity index (χ3v) is 2.68. The van der Waals surface area contributed by atoms with Crippen molar-refractivity contribution in [3.8, 4) is 0 Å². The van der Waals surface area contributed by atoms with Crippen LogP contribution in [0.4, 0.5) is 13.2 Å². The SMILES string of the molecule is C=S(=O)(NCCOC(C)C)C(F)(F)F. The largest absolute Gasteiger partial charge is 0.476 e. The Morgan fingerprint density at radius 2 is 2.00 bits per heavy atom. The fourth-order valence-corrected chi connectivity index (χ4v) is 1.16. The van der Waals surface area contributed by atoms with Gasteiger partial charge in [-0.3, -0.25) is 0 Å². The summed E-state index contributed by atoms with van der Waals surface area (Å²) in [6, 6.07) is 0. The van der Waals surface area contributed by atoms with E-state index in [1.807, 2.05) is 4.72 Å². The van der Waals surface area contributed by atoms with E-state index in [4.69, 9.17) is 4.74 Å². The Balaban J connectivity index is 3.91. The van der Waals surface area contributed by atoms with Gasteiger partial charge in [0.05, 0.1) is 12.7 Å². The molecule has 7 heteroatoms. The van der Waals surface area contributed by atoms with Crippen molar-refractivity contribution < 1.29 is 22.1 Å². The molecule has 0 bridgehead atoms. The van der Waals surface area contributed by atoms with Gasteiger partial charge in [0.1, 0.15) is 9.71 Å². The standard InChI is InChI=1S/C7H14F3NO2S/c1-6(2)13-5-4-11-14(3,12)7(8,9)10/h6H,3-5H2,1-2H3,(H,11,12). The molecule has 0 spiro atoms. The third-order valence-electron chi connectivity index (χ3n) is 1.26. The predicted octanol–water partition coefficient (Wildman–Crippen LogP) is 1.15. The summed E-state index contributed by atoms with van der Waals surface area (Å²) in [6.07, 6.45) is -0.0662. The summed E-state index contributed by atoms with van der Waals surface area (Å²) in [5.41, 5.74) is -4.81. The van der Waals surface area contributed by atoms with Crippen LogP contribution in [0.1, 0.15) is 13.8 Å². The van der Waals surface area contributed by atoms with Crippen molar-refractivity contribution in [3.63, 3.8) is 0 Å². The minimum Gasteiger partial charge on any atom is -0.377 e. The molecule has 0 rings (SSSR count). The quantitative estimate of drug-likeness (QED) is 0.571. The highest BCUT2D eigenvalue weighted by Crippen LogP contribution is 2.21. The van der Waals surface area contributed by atoms with E-state index >= 15 is 0 Å². The van der Waals surface area contributed by atoms with Crippen LogP contribution in [0.3, 0.4) is 0 Å². The fraction of sp³-hybridized carbons (Fsp3) is 0.857. The van der Waals surface area contributed by atoms with Gasteiger partial charge in [-0.1, -0.05) is 0 Å². The first-order valence-corrected chi connectivity index (χ1v) is 5.69. The van der Waals surface area contributed by atoms with Crippen LogP contribution in [0.2, 0.25) is 0 Å². The van der Waals surface area contributed by atoms with E-state index < -0.39 is 15.2 Å². The normalized spacial score (nSPS) is 17.0. The molecule has 86 valence electrons. The number of nitrogens with one attached hydrogen (secondary N) is 1. The summed E-state index contributed by atoms with van der Waals surface area (Å²) in [5, 5.41) is 0. The van der Waals surface area contributed by atoms with E-state index in [2.05, 4.69) is 5.87 Å². The molecule has 0 saturated heterocycles. The molecule has 1 atom stereocenters. The second kappa shape index (κ2) is 4.99. The molecule has 3 nitrogen and oxygen atoms in total. The number of alkyl halides is 3. The highest BCUT2D eigenvalue weighted by Gasteiger charge is 2.39. The molecule has 0 saturated carbocycles. The smallest absolute Gasteiger partial charge is 0.377 e. The first-order chi connectivity index (χ1) is 6.17. The zero-order chi connectivity index (χ0) is 11.4. The Hall–Kier alpha value is -0.270. The molecule has 0 radical (unpaired) electrons. The van der Waals surface area contributed by atoms with Gasteiger partial charge in [-0.2, -0.15) is 13.2 Å². The summed E-state index contributed by atoms with van der Waals surface area (Å²) < 4.78 is 53.6. The van der Waals surface area contributed by atoms with Crippen LogP contribution in [0, 0.1) is 0 Å². The van der Waals surface area contributed by atoms with E-state index in [0.717, 1.165) is 0 Å². The maximum Gasteiger partial charge on any atom is 0.476 e. The monoisotopic (exact) mass is 233 g/mol. The van der Waals surface area contributed by atoms with Gasteiger partial charge in [-0.25, -0.2) is 8.93 Å². The molecule has 0 heterocycles. The topological polar surface area (TPSA) is 38.3 Å². The fourth-order valence-electron chi connectivity index (χ4n) is 0.583. The van der Waals surface area contributed by atoms with Crippen LogP contribution in [0.25, 0.3) is 0 Å². The van der Waals surface area contributed by atoms with Gasteiger partial charge < -0.3 is 4.74 Å². The van der Waals surface area contributed by atoms with E-state index in [0.29, 0.717) is 0 Å². The molecule has 1 unspecified atom stereocenters. The Morgan fingerprint density at radius 1 is 1.50 bits per heavy atom. The Bertz CT molecular complexity index is 259. The van der Waals surface area contributed by atoms with Gasteiger partial charge in [-0.05, 0) is 19.7 Å². The number of halogens is 3. The maximum atomic E-state index is 12.0. The summed E-state index contributed by atoms with van der Waals surface area (Å²) in [7, 11) is -4.23. The van der Waals surface area contributed by atoms with Crippen LogP contribution in [-0.2, 0) is 14.4 Å². The van der Waals surface area contributed by atoms with E-state index in [1.165, 1.54) is 0 Å². The van der Waals surface area contributed by atoms with Gasteiger partial charge in [-0.15, -0.1) is 0 Å². The molecule has 1 N–H and O–H groups in total. The molecule has 0 amide bonds. The van der Waals surface area contributed by atoms with Crippen molar-refractivity contribution in [1.29, 1.82) is 0 Å². The number of rotatable bonds is 5. The number of hydrogen-bond acceptors (Lipinski definition) is 2. The van der Waals surface area contributed by atoms with Crippen molar-refractivity contribution >= 4 is 15.6 Å². The van der Waals surface area contributed by atoms with Gasteiger partial charge in [0.2, 0.25) is 0 Å². The highest BCUT2D eigenvalue weighted by atomic mass is 32.2. The minimum absolute atomic E-state index is 0.0662. The first kappa shape index (κ1) is 13.7. The van der Waals surface area contributed by atoms with Gasteiger partial charge in [0.25, 0.3) is 0 Å². The maximum absolute atomic E-state index is 12.0. The van der Waals surface area contributed by atoms with Crippen LogP contribution in [-0.4, -0.2) is 34.8 Å². The zero-order valence-corrected chi connectivity index (χ0v) is 8.87. The van der Waals surface area contributed by atoms with Crippen molar-refractivity contribution in [2.45, 2.75) is 25.5 Å². The molecular formula is C7H14F3NO2S. The molecule has 0 aromatic rings. The lowest BCUT2D eigenvalue weighted by molar-refractivity contribution is -0.0404. The summed E-state index contributed by atoms with van der Waals surface area (Å²) in [4.78, 5) is 0. The third kappa shape index (κ3) is 4.83. The summed E-state index contributed by atoms with van der Waals surface area (Å²) >= 11 is 0. The van der Waals surface area contributed by atoms with Crippen molar-refractivity contribution in [2.24, 2.45) is 0 Å². The molecule has 0 aliphatic carbocycles. The predicted molar refractivity (Wildman–Crippen MR) is 50.4 cm³/mol. The molecular weight excluding hydrogens is 219 g/mol. The molecule has 0 aliphatic rings. The molecule has 0 aliphatic heterocycles. The molecule has 0 aromatic carbocycles. The minimum atomic E-state index is -4.81. The van der Waals surface area contributed by atoms with Crippen LogP contribution in [0.5, 0.6) is 0 Å². The van der Waals surface area contributed by atoms with E-state index in [9.17, 15) is 17.4 Å². The Labute approximate surface area is 81.8 Å². The average molecular weight is 233 g/mol. The lowest BCUT2D eigenvalue weighted by atomic mass is 10.5.